The van der Waals surface area contributed by atoms with Crippen LogP contribution in [-0.2, 0) is 29.1 Å². The number of carbonyl (C=O) groups excluding carboxylic acids is 3. The van der Waals surface area contributed by atoms with Crippen LogP contribution in [0, 0.1) is 0 Å². The minimum absolute atomic E-state index is 0.00148. The van der Waals surface area contributed by atoms with E-state index in [4.69, 9.17) is 9.47 Å². The Morgan fingerprint density at radius 2 is 1.67 bits per heavy atom. The van der Waals surface area contributed by atoms with Crippen LogP contribution in [0.2, 0.25) is 0 Å². The van der Waals surface area contributed by atoms with Crippen molar-refractivity contribution >= 4 is 33.6 Å². The molecule has 1 heterocycles. The third-order valence-corrected chi connectivity index (χ3v) is 6.96. The Hall–Kier alpha value is -3.24. The smallest absolute Gasteiger partial charge is 0.338 e. The Kier molecular flexibility index (Phi) is 8.18. The van der Waals surface area contributed by atoms with E-state index in [9.17, 15) is 22.8 Å². The van der Waals surface area contributed by atoms with Gasteiger partial charge in [-0.3, -0.25) is 14.5 Å². The summed E-state index contributed by atoms with van der Waals surface area (Å²) in [4.78, 5) is 38.4. The lowest BCUT2D eigenvalue weighted by molar-refractivity contribution is -0.142. The maximum atomic E-state index is 12.8. The minimum atomic E-state index is -3.70. The second kappa shape index (κ2) is 11.1. The molecule has 0 radical (unpaired) electrons. The van der Waals surface area contributed by atoms with Gasteiger partial charge >= 0.3 is 11.9 Å². The molecule has 1 aliphatic rings. The highest BCUT2D eigenvalue weighted by Gasteiger charge is 2.28. The fraction of sp³-hybridized carbons (Fsp3) is 0.348. The number of rotatable bonds is 9. The number of para-hydroxylation sites is 1. The molecule has 0 bridgehead atoms. The first-order chi connectivity index (χ1) is 15.8. The summed E-state index contributed by atoms with van der Waals surface area (Å²) in [5.41, 5.74) is 0.463. The average Bonchev–Trinajstić information content (AvgIpc) is 3.38. The number of esters is 2. The summed E-state index contributed by atoms with van der Waals surface area (Å²) in [5.74, 6) is -2.06. The van der Waals surface area contributed by atoms with Gasteiger partial charge in [0.1, 0.15) is 6.54 Å². The Morgan fingerprint density at radius 3 is 2.33 bits per heavy atom. The number of hydrogen-bond acceptors (Lipinski definition) is 7. The predicted octanol–water partition coefficient (Wildman–Crippen LogP) is 2.22. The monoisotopic (exact) mass is 474 g/mol. The van der Waals surface area contributed by atoms with Crippen molar-refractivity contribution in [3.05, 3.63) is 60.2 Å². The molecule has 0 spiro atoms. The van der Waals surface area contributed by atoms with Crippen LogP contribution in [0.4, 0.5) is 5.69 Å². The Bertz CT molecular complexity index is 1100. The van der Waals surface area contributed by atoms with E-state index in [1.807, 2.05) is 0 Å². The summed E-state index contributed by atoms with van der Waals surface area (Å²) < 4.78 is 36.9. The predicted molar refractivity (Wildman–Crippen MR) is 120 cm³/mol. The Balaban J connectivity index is 1.69. The average molecular weight is 475 g/mol. The van der Waals surface area contributed by atoms with Crippen LogP contribution in [-0.4, -0.2) is 63.4 Å². The first-order valence-corrected chi connectivity index (χ1v) is 12.1. The van der Waals surface area contributed by atoms with E-state index in [-0.39, 0.29) is 23.6 Å². The van der Waals surface area contributed by atoms with Gasteiger partial charge in [-0.05, 0) is 50.1 Å². The van der Waals surface area contributed by atoms with Gasteiger partial charge in [-0.2, -0.15) is 4.31 Å². The zero-order valence-electron chi connectivity index (χ0n) is 18.3. The molecule has 1 saturated heterocycles. The number of amides is 1. The largest absolute Gasteiger partial charge is 0.465 e. The van der Waals surface area contributed by atoms with Crippen LogP contribution in [0.3, 0.4) is 0 Å². The quantitative estimate of drug-likeness (QED) is 0.513. The molecule has 10 heteroatoms. The van der Waals surface area contributed by atoms with Crippen molar-refractivity contribution in [3.8, 4) is 0 Å². The number of sulfonamides is 1. The van der Waals surface area contributed by atoms with E-state index in [0.717, 1.165) is 12.8 Å². The molecule has 1 amide bonds. The van der Waals surface area contributed by atoms with E-state index in [0.29, 0.717) is 18.8 Å². The molecular formula is C23H26N2O7S. The summed E-state index contributed by atoms with van der Waals surface area (Å²) >= 11 is 0. The van der Waals surface area contributed by atoms with Crippen molar-refractivity contribution in [3.63, 3.8) is 0 Å². The summed E-state index contributed by atoms with van der Waals surface area (Å²) in [6.45, 7) is 1.75. The molecule has 0 aliphatic carbocycles. The fourth-order valence-electron chi connectivity index (χ4n) is 3.42. The van der Waals surface area contributed by atoms with Gasteiger partial charge in [0.05, 0.1) is 17.1 Å². The van der Waals surface area contributed by atoms with Gasteiger partial charge in [-0.15, -0.1) is 0 Å². The first-order valence-electron chi connectivity index (χ1n) is 10.6. The van der Waals surface area contributed by atoms with Gasteiger partial charge in [0.25, 0.3) is 5.91 Å². The Labute approximate surface area is 192 Å². The first kappa shape index (κ1) is 24.4. The lowest BCUT2D eigenvalue weighted by Crippen LogP contribution is -2.39. The molecule has 0 saturated carbocycles. The van der Waals surface area contributed by atoms with Gasteiger partial charge in [0.15, 0.2) is 6.61 Å². The lowest BCUT2D eigenvalue weighted by Gasteiger charge is -2.21. The van der Waals surface area contributed by atoms with E-state index in [1.54, 1.807) is 37.3 Å². The van der Waals surface area contributed by atoms with Crippen molar-refractivity contribution in [2.24, 2.45) is 0 Å². The summed E-state index contributed by atoms with van der Waals surface area (Å²) in [5, 5.41) is 0. The number of benzene rings is 2. The molecule has 0 aromatic heterocycles. The zero-order valence-corrected chi connectivity index (χ0v) is 19.1. The maximum absolute atomic E-state index is 12.8. The van der Waals surface area contributed by atoms with Crippen LogP contribution in [0.5, 0.6) is 0 Å². The number of hydrogen-bond donors (Lipinski definition) is 0. The highest BCUT2D eigenvalue weighted by atomic mass is 32.2. The molecule has 0 atom stereocenters. The standard InChI is InChI=1S/C23H26N2O7S/c1-2-31-22(27)16-25(19-10-4-3-5-11-19)21(26)17-32-23(28)18-9-8-12-20(15-18)33(29,30)24-13-6-7-14-24/h3-5,8-12,15H,2,6-7,13-14,16-17H2,1H3. The maximum Gasteiger partial charge on any atom is 0.338 e. The molecule has 0 unspecified atom stereocenters. The lowest BCUT2D eigenvalue weighted by atomic mass is 10.2. The van der Waals surface area contributed by atoms with E-state index in [2.05, 4.69) is 0 Å². The third-order valence-electron chi connectivity index (χ3n) is 5.06. The van der Waals surface area contributed by atoms with Gasteiger partial charge in [-0.1, -0.05) is 24.3 Å². The zero-order chi connectivity index (χ0) is 23.8. The molecule has 9 nitrogen and oxygen atoms in total. The van der Waals surface area contributed by atoms with Crippen molar-refractivity contribution in [1.82, 2.24) is 4.31 Å². The van der Waals surface area contributed by atoms with Crippen molar-refractivity contribution in [1.29, 1.82) is 0 Å². The van der Waals surface area contributed by atoms with Crippen molar-refractivity contribution in [2.45, 2.75) is 24.7 Å². The molecule has 3 rings (SSSR count). The molecular weight excluding hydrogens is 448 g/mol. The topological polar surface area (TPSA) is 110 Å². The fourth-order valence-corrected chi connectivity index (χ4v) is 4.98. The van der Waals surface area contributed by atoms with E-state index < -0.39 is 34.5 Å². The van der Waals surface area contributed by atoms with Crippen LogP contribution in [0.15, 0.2) is 59.5 Å². The van der Waals surface area contributed by atoms with Crippen LogP contribution < -0.4 is 4.90 Å². The third kappa shape index (κ3) is 6.17. The molecule has 2 aromatic rings. The highest BCUT2D eigenvalue weighted by molar-refractivity contribution is 7.89. The number of nitrogens with zero attached hydrogens (tertiary/aromatic N) is 2. The second-order valence-corrected chi connectivity index (χ2v) is 9.27. The molecule has 1 aliphatic heterocycles. The second-order valence-electron chi connectivity index (χ2n) is 7.34. The van der Waals surface area contributed by atoms with Crippen LogP contribution >= 0.6 is 0 Å². The molecule has 2 aromatic carbocycles. The number of ether oxygens (including phenoxy) is 2. The molecule has 33 heavy (non-hydrogen) atoms. The summed E-state index contributed by atoms with van der Waals surface area (Å²) in [7, 11) is -3.70. The van der Waals surface area contributed by atoms with Gasteiger partial charge < -0.3 is 9.47 Å². The summed E-state index contributed by atoms with van der Waals surface area (Å²) in [6.07, 6.45) is 1.60. The van der Waals surface area contributed by atoms with Crippen LogP contribution in [0.25, 0.3) is 0 Å². The molecule has 176 valence electrons. The highest BCUT2D eigenvalue weighted by Crippen LogP contribution is 2.22. The minimum Gasteiger partial charge on any atom is -0.465 e. The number of anilines is 1. The molecule has 1 fully saturated rings. The van der Waals surface area contributed by atoms with Crippen molar-refractivity contribution in [2.75, 3.05) is 37.7 Å². The molecule has 0 N–H and O–H groups in total. The van der Waals surface area contributed by atoms with Crippen molar-refractivity contribution < 1.29 is 32.3 Å². The van der Waals surface area contributed by atoms with E-state index >= 15 is 0 Å². The normalized spacial score (nSPS) is 14.0. The van der Waals surface area contributed by atoms with Gasteiger partial charge in [0, 0.05) is 18.8 Å². The van der Waals surface area contributed by atoms with E-state index in [1.165, 1.54) is 33.5 Å². The Morgan fingerprint density at radius 1 is 0.970 bits per heavy atom. The van der Waals surface area contributed by atoms with Crippen LogP contribution in [0.1, 0.15) is 30.1 Å². The van der Waals surface area contributed by atoms with Gasteiger partial charge in [0.2, 0.25) is 10.0 Å². The number of carbonyl (C=O) groups is 3. The SMILES string of the molecule is CCOC(=O)CN(C(=O)COC(=O)c1cccc(S(=O)(=O)N2CCCC2)c1)c1ccccc1. The van der Waals surface area contributed by atoms with Gasteiger partial charge in [-0.25, -0.2) is 13.2 Å². The summed E-state index contributed by atoms with van der Waals surface area (Å²) in [6, 6.07) is 14.0.